The predicted molar refractivity (Wildman–Crippen MR) is 88.5 cm³/mol. The summed E-state index contributed by atoms with van der Waals surface area (Å²) >= 11 is 6.42. The van der Waals surface area contributed by atoms with Crippen LogP contribution < -0.4 is 15.4 Å². The zero-order chi connectivity index (χ0) is 15.1. The molecule has 0 radical (unpaired) electrons. The highest BCUT2D eigenvalue weighted by atomic mass is 32.1. The van der Waals surface area contributed by atoms with Crippen LogP contribution >= 0.6 is 23.6 Å². The summed E-state index contributed by atoms with van der Waals surface area (Å²) in [6, 6.07) is 7.36. The van der Waals surface area contributed by atoms with Crippen molar-refractivity contribution in [2.24, 2.45) is 0 Å². The Morgan fingerprint density at radius 3 is 2.76 bits per heavy atom. The number of carbonyl (C=O) groups excluding carboxylic acids is 1. The zero-order valence-electron chi connectivity index (χ0n) is 11.2. The molecule has 5 nitrogen and oxygen atoms in total. The third-order valence-corrected chi connectivity index (χ3v) is 3.33. The molecule has 0 aliphatic rings. The third kappa shape index (κ3) is 4.97. The van der Waals surface area contributed by atoms with Crippen molar-refractivity contribution in [2.45, 2.75) is 0 Å². The third-order valence-electron chi connectivity index (χ3n) is 2.43. The minimum atomic E-state index is -0.306. The van der Waals surface area contributed by atoms with Crippen LogP contribution in [0.3, 0.4) is 0 Å². The lowest BCUT2D eigenvalue weighted by molar-refractivity contribution is -0.115. The van der Waals surface area contributed by atoms with Crippen molar-refractivity contribution in [1.82, 2.24) is 10.3 Å². The lowest BCUT2D eigenvalue weighted by Crippen LogP contribution is -2.32. The van der Waals surface area contributed by atoms with Gasteiger partial charge in [0.15, 0.2) is 10.2 Å². The maximum atomic E-state index is 11.7. The van der Waals surface area contributed by atoms with E-state index in [9.17, 15) is 4.79 Å². The normalized spacial score (nSPS) is 10.3. The van der Waals surface area contributed by atoms with E-state index >= 15 is 0 Å². The highest BCUT2D eigenvalue weighted by molar-refractivity contribution is 7.80. The number of aromatic nitrogens is 1. The van der Waals surface area contributed by atoms with Gasteiger partial charge in [-0.1, -0.05) is 12.1 Å². The van der Waals surface area contributed by atoms with Crippen LogP contribution in [0.5, 0.6) is 5.75 Å². The molecule has 1 amide bonds. The van der Waals surface area contributed by atoms with E-state index in [1.54, 1.807) is 19.4 Å². The number of benzene rings is 1. The van der Waals surface area contributed by atoms with Gasteiger partial charge in [-0.2, -0.15) is 0 Å². The molecule has 1 aromatic heterocycles. The lowest BCUT2D eigenvalue weighted by atomic mass is 10.2. The topological polar surface area (TPSA) is 63.2 Å². The Kier molecular flexibility index (Phi) is 5.42. The lowest BCUT2D eigenvalue weighted by Gasteiger charge is -2.04. The molecule has 7 heteroatoms. The molecule has 0 unspecified atom stereocenters. The fraction of sp³-hybridized carbons (Fsp3) is 0.0714. The summed E-state index contributed by atoms with van der Waals surface area (Å²) in [5.74, 6) is 0.463. The van der Waals surface area contributed by atoms with Crippen LogP contribution in [0.2, 0.25) is 0 Å². The second kappa shape index (κ2) is 7.51. The van der Waals surface area contributed by atoms with E-state index in [0.717, 1.165) is 11.3 Å². The van der Waals surface area contributed by atoms with E-state index in [4.69, 9.17) is 17.0 Å². The van der Waals surface area contributed by atoms with E-state index in [1.165, 1.54) is 17.4 Å². The molecule has 2 rings (SSSR count). The molecule has 2 aromatic rings. The van der Waals surface area contributed by atoms with Crippen molar-refractivity contribution >= 4 is 45.8 Å². The highest BCUT2D eigenvalue weighted by Crippen LogP contribution is 2.12. The maximum Gasteiger partial charge on any atom is 0.250 e. The number of thiazole rings is 1. The standard InChI is InChI=1S/C14H13N3O2S2/c1-19-11-5-2-10(3-6-11)4-7-12(18)16-13(20)17-14-15-8-9-21-14/h2-9H,1H3,(H2,15,16,17,18,20)/b7-4+. The summed E-state index contributed by atoms with van der Waals surface area (Å²) in [7, 11) is 1.61. The summed E-state index contributed by atoms with van der Waals surface area (Å²) in [6.07, 6.45) is 4.76. The fourth-order valence-corrected chi connectivity index (χ4v) is 2.25. The van der Waals surface area contributed by atoms with Gasteiger partial charge in [-0.15, -0.1) is 11.3 Å². The minimum absolute atomic E-state index is 0.217. The Hall–Kier alpha value is -2.25. The van der Waals surface area contributed by atoms with E-state index in [1.807, 2.05) is 29.6 Å². The molecular weight excluding hydrogens is 306 g/mol. The number of hydrogen-bond donors (Lipinski definition) is 2. The van der Waals surface area contributed by atoms with Crippen LogP contribution in [-0.4, -0.2) is 23.1 Å². The predicted octanol–water partition coefficient (Wildman–Crippen LogP) is 2.68. The zero-order valence-corrected chi connectivity index (χ0v) is 12.8. The number of methoxy groups -OCH3 is 1. The van der Waals surface area contributed by atoms with E-state index in [2.05, 4.69) is 15.6 Å². The Bertz CT molecular complexity index is 637. The van der Waals surface area contributed by atoms with E-state index in [0.29, 0.717) is 5.13 Å². The van der Waals surface area contributed by atoms with Crippen LogP contribution in [0.25, 0.3) is 6.08 Å². The van der Waals surface area contributed by atoms with Crippen molar-refractivity contribution in [3.05, 3.63) is 47.5 Å². The molecule has 0 atom stereocenters. The smallest absolute Gasteiger partial charge is 0.250 e. The summed E-state index contributed by atoms with van der Waals surface area (Å²) < 4.78 is 5.06. The van der Waals surface area contributed by atoms with E-state index in [-0.39, 0.29) is 11.0 Å². The van der Waals surface area contributed by atoms with Crippen LogP contribution in [0, 0.1) is 0 Å². The number of ether oxygens (including phenoxy) is 1. The Morgan fingerprint density at radius 1 is 1.38 bits per heavy atom. The van der Waals surface area contributed by atoms with Gasteiger partial charge < -0.3 is 10.1 Å². The van der Waals surface area contributed by atoms with Gasteiger partial charge in [-0.25, -0.2) is 4.98 Å². The van der Waals surface area contributed by atoms with Crippen molar-refractivity contribution in [1.29, 1.82) is 0 Å². The number of carbonyl (C=O) groups is 1. The molecule has 2 N–H and O–H groups in total. The molecule has 0 bridgehead atoms. The van der Waals surface area contributed by atoms with Crippen LogP contribution in [0.4, 0.5) is 5.13 Å². The summed E-state index contributed by atoms with van der Waals surface area (Å²) in [5, 5.41) is 8.04. The summed E-state index contributed by atoms with van der Waals surface area (Å²) in [6.45, 7) is 0. The van der Waals surface area contributed by atoms with Crippen LogP contribution in [0.1, 0.15) is 5.56 Å². The van der Waals surface area contributed by atoms with Gasteiger partial charge in [0.25, 0.3) is 0 Å². The minimum Gasteiger partial charge on any atom is -0.497 e. The number of anilines is 1. The molecule has 1 aromatic carbocycles. The molecule has 0 aliphatic heterocycles. The molecule has 0 saturated heterocycles. The average Bonchev–Trinajstić information content (AvgIpc) is 2.98. The number of rotatable bonds is 4. The van der Waals surface area contributed by atoms with Crippen LogP contribution in [-0.2, 0) is 4.79 Å². The fourth-order valence-electron chi connectivity index (χ4n) is 1.45. The number of nitrogens with zero attached hydrogens (tertiary/aromatic N) is 1. The molecule has 0 fully saturated rings. The molecule has 0 aliphatic carbocycles. The number of hydrogen-bond acceptors (Lipinski definition) is 5. The second-order valence-corrected chi connectivity index (χ2v) is 5.19. The Morgan fingerprint density at radius 2 is 2.14 bits per heavy atom. The second-order valence-electron chi connectivity index (χ2n) is 3.89. The Labute approximate surface area is 131 Å². The molecule has 0 saturated carbocycles. The van der Waals surface area contributed by atoms with Gasteiger partial charge in [-0.3, -0.25) is 10.1 Å². The van der Waals surface area contributed by atoms with Gasteiger partial charge in [0.2, 0.25) is 5.91 Å². The van der Waals surface area contributed by atoms with Crippen LogP contribution in [0.15, 0.2) is 41.9 Å². The molecule has 0 spiro atoms. The molecule has 108 valence electrons. The number of nitrogens with one attached hydrogen (secondary N) is 2. The van der Waals surface area contributed by atoms with Crippen molar-refractivity contribution in [3.8, 4) is 5.75 Å². The molecule has 1 heterocycles. The highest BCUT2D eigenvalue weighted by Gasteiger charge is 2.02. The van der Waals surface area contributed by atoms with Crippen molar-refractivity contribution in [3.63, 3.8) is 0 Å². The van der Waals surface area contributed by atoms with Crippen molar-refractivity contribution in [2.75, 3.05) is 12.4 Å². The quantitative estimate of drug-likeness (QED) is 0.670. The van der Waals surface area contributed by atoms with Gasteiger partial charge in [0.05, 0.1) is 7.11 Å². The summed E-state index contributed by atoms with van der Waals surface area (Å²) in [5.41, 5.74) is 0.893. The first-order valence-electron chi connectivity index (χ1n) is 6.01. The Balaban J connectivity index is 1.85. The first kappa shape index (κ1) is 15.1. The maximum absolute atomic E-state index is 11.7. The number of thiocarbonyl (C=S) groups is 1. The summed E-state index contributed by atoms with van der Waals surface area (Å²) in [4.78, 5) is 15.7. The van der Waals surface area contributed by atoms with Gasteiger partial charge in [-0.05, 0) is 36.0 Å². The largest absolute Gasteiger partial charge is 0.497 e. The SMILES string of the molecule is COc1ccc(/C=C/C(=O)NC(=S)Nc2nccs2)cc1. The first-order chi connectivity index (χ1) is 10.2. The first-order valence-corrected chi connectivity index (χ1v) is 7.30. The monoisotopic (exact) mass is 319 g/mol. The van der Waals surface area contributed by atoms with E-state index < -0.39 is 0 Å². The van der Waals surface area contributed by atoms with Gasteiger partial charge in [0.1, 0.15) is 5.75 Å². The average molecular weight is 319 g/mol. The number of amides is 1. The molecule has 21 heavy (non-hydrogen) atoms. The van der Waals surface area contributed by atoms with Gasteiger partial charge in [0, 0.05) is 17.7 Å². The molecular formula is C14H13N3O2S2. The van der Waals surface area contributed by atoms with Gasteiger partial charge >= 0.3 is 0 Å². The van der Waals surface area contributed by atoms with Crippen molar-refractivity contribution < 1.29 is 9.53 Å².